The monoisotopic (exact) mass is 207 g/mol. The van der Waals surface area contributed by atoms with E-state index in [0.717, 1.165) is 5.82 Å². The summed E-state index contributed by atoms with van der Waals surface area (Å²) in [7, 11) is 0. The molecule has 1 saturated carbocycles. The lowest BCUT2D eigenvalue weighted by atomic mass is 10.3. The van der Waals surface area contributed by atoms with Crippen LogP contribution in [0.3, 0.4) is 0 Å². The highest BCUT2D eigenvalue weighted by atomic mass is 16.5. The molecule has 2 rings (SSSR count). The van der Waals surface area contributed by atoms with Crippen LogP contribution in [0, 0.1) is 0 Å². The van der Waals surface area contributed by atoms with Gasteiger partial charge in [0, 0.05) is 5.54 Å². The Bertz CT molecular complexity index is 361. The normalized spacial score (nSPS) is 17.2. The smallest absolute Gasteiger partial charge is 0.239 e. The molecule has 0 aromatic carbocycles. The predicted octanol–water partition coefficient (Wildman–Crippen LogP) is 2.03. The number of nitrogens with two attached hydrogens (primary N) is 1. The molecule has 1 aromatic heterocycles. The number of nitrogens with one attached hydrogen (secondary N) is 1. The minimum absolute atomic E-state index is 0.229. The molecule has 3 N–H and O–H groups in total. The van der Waals surface area contributed by atoms with Crippen molar-refractivity contribution in [1.29, 1.82) is 0 Å². The zero-order valence-electron chi connectivity index (χ0n) is 9.21. The lowest BCUT2D eigenvalue weighted by Gasteiger charge is -2.13. The molecule has 1 fully saturated rings. The molecule has 0 spiro atoms. The molecule has 1 heterocycles. The van der Waals surface area contributed by atoms with E-state index in [1.165, 1.54) is 12.8 Å². The fourth-order valence-corrected chi connectivity index (χ4v) is 1.39. The number of nitrogen functional groups attached to an aromatic ring is 1. The maximum absolute atomic E-state index is 5.74. The van der Waals surface area contributed by atoms with Gasteiger partial charge in [0.05, 0.1) is 12.3 Å². The highest BCUT2D eigenvalue weighted by Gasteiger charge is 2.37. The third-order valence-corrected chi connectivity index (χ3v) is 2.60. The SMILES string of the molecule is CCOc1nc(NC2(C)CC2)ccc1N. The summed E-state index contributed by atoms with van der Waals surface area (Å²) in [5.41, 5.74) is 6.55. The van der Waals surface area contributed by atoms with E-state index >= 15 is 0 Å². The lowest BCUT2D eigenvalue weighted by molar-refractivity contribution is 0.329. The van der Waals surface area contributed by atoms with Crippen LogP contribution in [0.2, 0.25) is 0 Å². The van der Waals surface area contributed by atoms with Gasteiger partial charge < -0.3 is 15.8 Å². The Labute approximate surface area is 89.8 Å². The van der Waals surface area contributed by atoms with Crippen LogP contribution >= 0.6 is 0 Å². The van der Waals surface area contributed by atoms with Crippen LogP contribution in [0.4, 0.5) is 11.5 Å². The largest absolute Gasteiger partial charge is 0.476 e. The summed E-state index contributed by atoms with van der Waals surface area (Å²) < 4.78 is 5.34. The second kappa shape index (κ2) is 3.61. The zero-order valence-corrected chi connectivity index (χ0v) is 9.21. The van der Waals surface area contributed by atoms with Gasteiger partial charge in [0.1, 0.15) is 5.82 Å². The number of hydrogen-bond acceptors (Lipinski definition) is 4. The average molecular weight is 207 g/mol. The number of anilines is 2. The summed E-state index contributed by atoms with van der Waals surface area (Å²) in [5, 5.41) is 3.37. The van der Waals surface area contributed by atoms with Crippen molar-refractivity contribution in [3.63, 3.8) is 0 Å². The number of ether oxygens (including phenoxy) is 1. The first kappa shape index (κ1) is 10.1. The van der Waals surface area contributed by atoms with Crippen molar-refractivity contribution in [2.24, 2.45) is 0 Å². The van der Waals surface area contributed by atoms with Crippen LogP contribution < -0.4 is 15.8 Å². The quantitative estimate of drug-likeness (QED) is 0.793. The van der Waals surface area contributed by atoms with Gasteiger partial charge in [-0.3, -0.25) is 0 Å². The fraction of sp³-hybridized carbons (Fsp3) is 0.545. The lowest BCUT2D eigenvalue weighted by Crippen LogP contribution is -2.17. The first-order chi connectivity index (χ1) is 7.13. The molecule has 1 aliphatic carbocycles. The molecule has 0 aliphatic heterocycles. The predicted molar refractivity (Wildman–Crippen MR) is 61.1 cm³/mol. The average Bonchev–Trinajstić information content (AvgIpc) is 2.90. The van der Waals surface area contributed by atoms with Gasteiger partial charge in [-0.15, -0.1) is 0 Å². The Morgan fingerprint density at radius 2 is 2.27 bits per heavy atom. The molecule has 4 nitrogen and oxygen atoms in total. The van der Waals surface area contributed by atoms with E-state index < -0.39 is 0 Å². The molecule has 0 atom stereocenters. The van der Waals surface area contributed by atoms with E-state index in [0.29, 0.717) is 18.2 Å². The molecule has 0 bridgehead atoms. The first-order valence-corrected chi connectivity index (χ1v) is 5.30. The molecule has 4 heteroatoms. The Balaban J connectivity index is 2.14. The number of rotatable bonds is 4. The van der Waals surface area contributed by atoms with E-state index in [1.807, 2.05) is 19.1 Å². The minimum atomic E-state index is 0.229. The van der Waals surface area contributed by atoms with E-state index in [4.69, 9.17) is 10.5 Å². The van der Waals surface area contributed by atoms with E-state index in [9.17, 15) is 0 Å². The third kappa shape index (κ3) is 2.32. The van der Waals surface area contributed by atoms with Gasteiger partial charge in [0.2, 0.25) is 5.88 Å². The summed E-state index contributed by atoms with van der Waals surface area (Å²) in [6, 6.07) is 3.72. The summed E-state index contributed by atoms with van der Waals surface area (Å²) in [5.74, 6) is 1.36. The molecular formula is C11H17N3O. The zero-order chi connectivity index (χ0) is 10.9. The van der Waals surface area contributed by atoms with Gasteiger partial charge in [0.15, 0.2) is 0 Å². The van der Waals surface area contributed by atoms with E-state index in [2.05, 4.69) is 17.2 Å². The van der Waals surface area contributed by atoms with Crippen LogP contribution in [0.5, 0.6) is 5.88 Å². The van der Waals surface area contributed by atoms with Gasteiger partial charge in [-0.1, -0.05) is 0 Å². The maximum atomic E-state index is 5.74. The molecule has 0 amide bonds. The number of aromatic nitrogens is 1. The molecule has 0 saturated heterocycles. The first-order valence-electron chi connectivity index (χ1n) is 5.30. The summed E-state index contributed by atoms with van der Waals surface area (Å²) in [4.78, 5) is 4.33. The summed E-state index contributed by atoms with van der Waals surface area (Å²) in [6.07, 6.45) is 2.39. The number of hydrogen-bond donors (Lipinski definition) is 2. The van der Waals surface area contributed by atoms with Crippen LogP contribution in [-0.2, 0) is 0 Å². The van der Waals surface area contributed by atoms with Crippen LogP contribution in [0.25, 0.3) is 0 Å². The maximum Gasteiger partial charge on any atom is 0.239 e. The number of pyridine rings is 1. The van der Waals surface area contributed by atoms with Crippen molar-refractivity contribution in [1.82, 2.24) is 4.98 Å². The standard InChI is InChI=1S/C11H17N3O/c1-3-15-10-8(12)4-5-9(13-10)14-11(2)6-7-11/h4-5H,3,6-7,12H2,1-2H3,(H,13,14). The van der Waals surface area contributed by atoms with Crippen LogP contribution in [0.1, 0.15) is 26.7 Å². The second-order valence-electron chi connectivity index (χ2n) is 4.21. The van der Waals surface area contributed by atoms with Gasteiger partial charge in [-0.2, -0.15) is 4.98 Å². The molecule has 82 valence electrons. The van der Waals surface area contributed by atoms with Gasteiger partial charge in [0.25, 0.3) is 0 Å². The van der Waals surface area contributed by atoms with Gasteiger partial charge in [-0.25, -0.2) is 0 Å². The van der Waals surface area contributed by atoms with Crippen molar-refractivity contribution < 1.29 is 4.74 Å². The van der Waals surface area contributed by atoms with Crippen molar-refractivity contribution in [3.05, 3.63) is 12.1 Å². The number of nitrogens with zero attached hydrogens (tertiary/aromatic N) is 1. The van der Waals surface area contributed by atoms with Crippen LogP contribution in [-0.4, -0.2) is 17.1 Å². The van der Waals surface area contributed by atoms with Gasteiger partial charge >= 0.3 is 0 Å². The molecule has 15 heavy (non-hydrogen) atoms. The van der Waals surface area contributed by atoms with E-state index in [-0.39, 0.29) is 5.54 Å². The second-order valence-corrected chi connectivity index (χ2v) is 4.21. The Morgan fingerprint density at radius 3 is 2.87 bits per heavy atom. The minimum Gasteiger partial charge on any atom is -0.476 e. The molecule has 0 unspecified atom stereocenters. The van der Waals surface area contributed by atoms with Crippen LogP contribution in [0.15, 0.2) is 12.1 Å². The topological polar surface area (TPSA) is 60.2 Å². The fourth-order valence-electron chi connectivity index (χ4n) is 1.39. The molecule has 1 aromatic rings. The Hall–Kier alpha value is -1.45. The molecule has 0 radical (unpaired) electrons. The Kier molecular flexibility index (Phi) is 2.42. The summed E-state index contributed by atoms with van der Waals surface area (Å²) >= 11 is 0. The summed E-state index contributed by atoms with van der Waals surface area (Å²) in [6.45, 7) is 4.69. The van der Waals surface area contributed by atoms with Crippen molar-refractivity contribution in [2.75, 3.05) is 17.7 Å². The molecular weight excluding hydrogens is 190 g/mol. The Morgan fingerprint density at radius 1 is 1.53 bits per heavy atom. The van der Waals surface area contributed by atoms with Crippen molar-refractivity contribution in [2.45, 2.75) is 32.2 Å². The van der Waals surface area contributed by atoms with Crippen molar-refractivity contribution >= 4 is 11.5 Å². The highest BCUT2D eigenvalue weighted by Crippen LogP contribution is 2.38. The highest BCUT2D eigenvalue weighted by molar-refractivity contribution is 5.54. The molecule has 1 aliphatic rings. The van der Waals surface area contributed by atoms with E-state index in [1.54, 1.807) is 0 Å². The van der Waals surface area contributed by atoms with Crippen molar-refractivity contribution in [3.8, 4) is 5.88 Å². The third-order valence-electron chi connectivity index (χ3n) is 2.60. The van der Waals surface area contributed by atoms with Gasteiger partial charge in [-0.05, 0) is 38.8 Å².